The van der Waals surface area contributed by atoms with Gasteiger partial charge in [-0.1, -0.05) is 12.1 Å². The predicted octanol–water partition coefficient (Wildman–Crippen LogP) is 3.96. The first-order valence-electron chi connectivity index (χ1n) is 7.46. The van der Waals surface area contributed by atoms with E-state index in [1.165, 1.54) is 31.3 Å². The molecular weight excluding hydrogens is 347 g/mol. The Kier molecular flexibility index (Phi) is 4.30. The summed E-state index contributed by atoms with van der Waals surface area (Å²) in [5, 5.41) is 12.4. The maximum atomic E-state index is 12.3. The average Bonchev–Trinajstić information content (AvgIpc) is 3.03. The fourth-order valence-corrected chi connectivity index (χ4v) is 2.63. The minimum absolute atomic E-state index is 0.316. The van der Waals surface area contributed by atoms with Crippen LogP contribution in [0.5, 0.6) is 5.75 Å². The van der Waals surface area contributed by atoms with E-state index in [1.807, 2.05) is 6.07 Å². The van der Waals surface area contributed by atoms with Crippen molar-refractivity contribution in [1.29, 1.82) is 5.26 Å². The highest BCUT2D eigenvalue weighted by Crippen LogP contribution is 2.32. The fourth-order valence-electron chi connectivity index (χ4n) is 2.63. The van der Waals surface area contributed by atoms with Crippen LogP contribution in [0.4, 0.5) is 13.2 Å². The summed E-state index contributed by atoms with van der Waals surface area (Å²) in [6.07, 6.45) is -4.77. The minimum atomic E-state index is -4.77. The summed E-state index contributed by atoms with van der Waals surface area (Å²) in [7, 11) is 1.49. The largest absolute Gasteiger partial charge is 0.573 e. The second-order valence-electron chi connectivity index (χ2n) is 5.43. The molecule has 26 heavy (non-hydrogen) atoms. The zero-order valence-electron chi connectivity index (χ0n) is 13.4. The SMILES string of the molecule is CNC(=O)c1cc2cc(C#N)cc(-c3ccc(OC(F)(F)F)cc3)c2[nH]1. The summed E-state index contributed by atoms with van der Waals surface area (Å²) in [5.74, 6) is -0.661. The van der Waals surface area contributed by atoms with Crippen LogP contribution in [0, 0.1) is 11.3 Å². The van der Waals surface area contributed by atoms with Gasteiger partial charge in [-0.2, -0.15) is 5.26 Å². The number of alkyl halides is 3. The highest BCUT2D eigenvalue weighted by Gasteiger charge is 2.31. The van der Waals surface area contributed by atoms with Gasteiger partial charge in [0.2, 0.25) is 0 Å². The van der Waals surface area contributed by atoms with Crippen molar-refractivity contribution < 1.29 is 22.7 Å². The quantitative estimate of drug-likeness (QED) is 0.743. The Bertz CT molecular complexity index is 1020. The molecular formula is C18H12F3N3O2. The molecule has 3 rings (SSSR count). The number of rotatable bonds is 3. The fraction of sp³-hybridized carbons (Fsp3) is 0.111. The van der Waals surface area contributed by atoms with Crippen LogP contribution in [0.2, 0.25) is 0 Å². The van der Waals surface area contributed by atoms with E-state index in [9.17, 15) is 23.2 Å². The van der Waals surface area contributed by atoms with Gasteiger partial charge in [-0.15, -0.1) is 13.2 Å². The Hall–Kier alpha value is -3.47. The van der Waals surface area contributed by atoms with E-state index in [-0.39, 0.29) is 11.7 Å². The number of nitrogens with zero attached hydrogens (tertiary/aromatic N) is 1. The highest BCUT2D eigenvalue weighted by molar-refractivity contribution is 6.02. The van der Waals surface area contributed by atoms with E-state index in [1.54, 1.807) is 18.2 Å². The van der Waals surface area contributed by atoms with E-state index < -0.39 is 6.36 Å². The Morgan fingerprint density at radius 1 is 1.19 bits per heavy atom. The van der Waals surface area contributed by atoms with Crippen LogP contribution in [-0.4, -0.2) is 24.3 Å². The van der Waals surface area contributed by atoms with Gasteiger partial charge in [-0.25, -0.2) is 0 Å². The average molecular weight is 359 g/mol. The van der Waals surface area contributed by atoms with Gasteiger partial charge in [0.1, 0.15) is 11.4 Å². The van der Waals surface area contributed by atoms with Gasteiger partial charge in [-0.05, 0) is 35.9 Å². The minimum Gasteiger partial charge on any atom is -0.406 e. The maximum Gasteiger partial charge on any atom is 0.573 e. The van der Waals surface area contributed by atoms with Gasteiger partial charge >= 0.3 is 6.36 Å². The molecule has 0 aliphatic heterocycles. The Balaban J connectivity index is 2.10. The third kappa shape index (κ3) is 3.47. The van der Waals surface area contributed by atoms with Crippen LogP contribution in [-0.2, 0) is 0 Å². The van der Waals surface area contributed by atoms with Crippen LogP contribution >= 0.6 is 0 Å². The molecule has 0 spiro atoms. The molecule has 2 N–H and O–H groups in total. The Morgan fingerprint density at radius 3 is 2.46 bits per heavy atom. The third-order valence-electron chi connectivity index (χ3n) is 3.73. The first kappa shape index (κ1) is 17.4. The molecule has 0 radical (unpaired) electrons. The molecule has 0 saturated heterocycles. The number of halogens is 3. The van der Waals surface area contributed by atoms with Crippen molar-refractivity contribution in [3.8, 4) is 22.9 Å². The Labute approximate surface area is 146 Å². The van der Waals surface area contributed by atoms with Crippen molar-refractivity contribution in [3.63, 3.8) is 0 Å². The number of hydrogen-bond acceptors (Lipinski definition) is 3. The van der Waals surface area contributed by atoms with Gasteiger partial charge in [0.05, 0.1) is 17.1 Å². The van der Waals surface area contributed by atoms with Crippen LogP contribution in [0.1, 0.15) is 16.1 Å². The molecule has 1 amide bonds. The zero-order chi connectivity index (χ0) is 18.9. The second kappa shape index (κ2) is 6.44. The van der Waals surface area contributed by atoms with Crippen molar-refractivity contribution >= 4 is 16.8 Å². The van der Waals surface area contributed by atoms with E-state index in [0.29, 0.717) is 33.3 Å². The number of amides is 1. The summed E-state index contributed by atoms with van der Waals surface area (Å²) in [6, 6.07) is 12.2. The number of H-pyrrole nitrogens is 1. The summed E-state index contributed by atoms with van der Waals surface area (Å²) in [6.45, 7) is 0. The van der Waals surface area contributed by atoms with Crippen LogP contribution in [0.3, 0.4) is 0 Å². The Morgan fingerprint density at radius 2 is 1.88 bits per heavy atom. The predicted molar refractivity (Wildman–Crippen MR) is 88.5 cm³/mol. The lowest BCUT2D eigenvalue weighted by Gasteiger charge is -2.10. The molecule has 8 heteroatoms. The number of carbonyl (C=O) groups excluding carboxylic acids is 1. The number of carbonyl (C=O) groups is 1. The number of benzene rings is 2. The summed E-state index contributed by atoms with van der Waals surface area (Å²) in [5.41, 5.74) is 2.45. The molecule has 3 aromatic rings. The second-order valence-corrected chi connectivity index (χ2v) is 5.43. The normalized spacial score (nSPS) is 11.2. The monoisotopic (exact) mass is 359 g/mol. The molecule has 0 bridgehead atoms. The van der Waals surface area contributed by atoms with Crippen molar-refractivity contribution in [1.82, 2.24) is 10.3 Å². The molecule has 1 aromatic heterocycles. The smallest absolute Gasteiger partial charge is 0.406 e. The van der Waals surface area contributed by atoms with Gasteiger partial charge in [0.25, 0.3) is 5.91 Å². The lowest BCUT2D eigenvalue weighted by Crippen LogP contribution is -2.17. The molecule has 0 fully saturated rings. The van der Waals surface area contributed by atoms with Crippen LogP contribution in [0.15, 0.2) is 42.5 Å². The number of nitrogens with one attached hydrogen (secondary N) is 2. The van der Waals surface area contributed by atoms with E-state index >= 15 is 0 Å². The molecule has 0 aliphatic carbocycles. The molecule has 0 saturated carbocycles. The van der Waals surface area contributed by atoms with Gasteiger partial charge in [-0.3, -0.25) is 4.79 Å². The molecule has 132 valence electrons. The molecule has 5 nitrogen and oxygen atoms in total. The molecule has 0 unspecified atom stereocenters. The van der Waals surface area contributed by atoms with Gasteiger partial charge in [0.15, 0.2) is 0 Å². The van der Waals surface area contributed by atoms with Crippen molar-refractivity contribution in [2.24, 2.45) is 0 Å². The van der Waals surface area contributed by atoms with Crippen molar-refractivity contribution in [3.05, 3.63) is 53.7 Å². The molecule has 0 atom stereocenters. The van der Waals surface area contributed by atoms with Crippen LogP contribution in [0.25, 0.3) is 22.0 Å². The summed E-state index contributed by atoms with van der Waals surface area (Å²) in [4.78, 5) is 14.8. The van der Waals surface area contributed by atoms with E-state index in [4.69, 9.17) is 0 Å². The standard InChI is InChI=1S/C18H12F3N3O2/c1-23-17(25)15-8-12-6-10(9-22)7-14(16(12)24-15)11-2-4-13(5-3-11)26-18(19,20)21/h2-8,24H,1H3,(H,23,25). The van der Waals surface area contributed by atoms with E-state index in [0.717, 1.165) is 0 Å². The topological polar surface area (TPSA) is 77.9 Å². The number of aromatic amines is 1. The zero-order valence-corrected chi connectivity index (χ0v) is 13.4. The highest BCUT2D eigenvalue weighted by atomic mass is 19.4. The van der Waals surface area contributed by atoms with Gasteiger partial charge < -0.3 is 15.0 Å². The number of nitriles is 1. The van der Waals surface area contributed by atoms with Crippen LogP contribution < -0.4 is 10.1 Å². The summed E-state index contributed by atoms with van der Waals surface area (Å²) < 4.78 is 40.7. The maximum absolute atomic E-state index is 12.3. The lowest BCUT2D eigenvalue weighted by atomic mass is 10.0. The molecule has 2 aromatic carbocycles. The number of fused-ring (bicyclic) bond motifs is 1. The van der Waals surface area contributed by atoms with Crippen molar-refractivity contribution in [2.75, 3.05) is 7.05 Å². The molecule has 0 aliphatic rings. The third-order valence-corrected chi connectivity index (χ3v) is 3.73. The van der Waals surface area contributed by atoms with Crippen molar-refractivity contribution in [2.45, 2.75) is 6.36 Å². The lowest BCUT2D eigenvalue weighted by molar-refractivity contribution is -0.274. The molecule has 1 heterocycles. The number of aromatic nitrogens is 1. The first-order chi connectivity index (χ1) is 12.3. The van der Waals surface area contributed by atoms with Gasteiger partial charge in [0, 0.05) is 18.0 Å². The first-order valence-corrected chi connectivity index (χ1v) is 7.46. The summed E-state index contributed by atoms with van der Waals surface area (Å²) >= 11 is 0. The number of hydrogen-bond donors (Lipinski definition) is 2. The number of ether oxygens (including phenoxy) is 1. The van der Waals surface area contributed by atoms with E-state index in [2.05, 4.69) is 15.0 Å².